The summed E-state index contributed by atoms with van der Waals surface area (Å²) in [6.45, 7) is 5.46. The molecule has 4 nitrogen and oxygen atoms in total. The van der Waals surface area contributed by atoms with Crippen LogP contribution in [0.1, 0.15) is 41.4 Å². The van der Waals surface area contributed by atoms with E-state index in [2.05, 4.69) is 4.98 Å². The lowest BCUT2D eigenvalue weighted by Gasteiger charge is -2.09. The number of hydrogen-bond acceptors (Lipinski definition) is 2. The molecule has 0 aliphatic rings. The predicted octanol–water partition coefficient (Wildman–Crippen LogP) is 1.50. The second-order valence-corrected chi connectivity index (χ2v) is 3.57. The Bertz CT molecular complexity index is 418. The number of aromatic nitrogens is 1. The molecule has 0 bridgehead atoms. The number of H-pyrrole nitrogens is 1. The third-order valence-corrected chi connectivity index (χ3v) is 2.03. The van der Waals surface area contributed by atoms with Crippen molar-refractivity contribution in [3.8, 4) is 0 Å². The van der Waals surface area contributed by atoms with Crippen molar-refractivity contribution in [2.45, 2.75) is 26.7 Å². The van der Waals surface area contributed by atoms with Gasteiger partial charge in [-0.2, -0.15) is 0 Å². The van der Waals surface area contributed by atoms with Gasteiger partial charge in [0.05, 0.1) is 0 Å². The number of aromatic amines is 1. The lowest BCUT2D eigenvalue weighted by atomic mass is 9.98. The summed E-state index contributed by atoms with van der Waals surface area (Å²) in [5.74, 6) is -1.14. The lowest BCUT2D eigenvalue weighted by Crippen LogP contribution is -2.21. The van der Waals surface area contributed by atoms with Crippen LogP contribution >= 0.6 is 0 Å². The van der Waals surface area contributed by atoms with E-state index < -0.39 is 11.5 Å². The molecule has 14 heavy (non-hydrogen) atoms. The first-order valence-corrected chi connectivity index (χ1v) is 4.40. The third-order valence-electron chi connectivity index (χ3n) is 2.03. The standard InChI is InChI=1S/C10H13NO3/c1-5(2)7-4-6(3)11-9(12)8(7)10(13)14/h4-5H,1-3H3,(H,11,12)(H,13,14). The van der Waals surface area contributed by atoms with Gasteiger partial charge in [0, 0.05) is 5.69 Å². The molecule has 1 heterocycles. The highest BCUT2D eigenvalue weighted by atomic mass is 16.4. The summed E-state index contributed by atoms with van der Waals surface area (Å²) in [7, 11) is 0. The van der Waals surface area contributed by atoms with Crippen LogP contribution in [0.5, 0.6) is 0 Å². The monoisotopic (exact) mass is 195 g/mol. The van der Waals surface area contributed by atoms with E-state index in [4.69, 9.17) is 5.11 Å². The molecule has 4 heteroatoms. The Morgan fingerprint density at radius 3 is 2.50 bits per heavy atom. The van der Waals surface area contributed by atoms with Crippen molar-refractivity contribution < 1.29 is 9.90 Å². The van der Waals surface area contributed by atoms with Crippen LogP contribution in [0.3, 0.4) is 0 Å². The number of carbonyl (C=O) groups is 1. The number of pyridine rings is 1. The molecule has 0 spiro atoms. The zero-order valence-electron chi connectivity index (χ0n) is 8.42. The Kier molecular flexibility index (Phi) is 2.74. The van der Waals surface area contributed by atoms with Gasteiger partial charge < -0.3 is 10.1 Å². The maximum atomic E-state index is 11.4. The quantitative estimate of drug-likeness (QED) is 0.751. The number of hydrogen-bond donors (Lipinski definition) is 2. The molecule has 2 N–H and O–H groups in total. The van der Waals surface area contributed by atoms with E-state index in [-0.39, 0.29) is 11.5 Å². The smallest absolute Gasteiger partial charge is 0.341 e. The maximum Gasteiger partial charge on any atom is 0.341 e. The molecule has 0 saturated heterocycles. The van der Waals surface area contributed by atoms with E-state index >= 15 is 0 Å². The first-order valence-electron chi connectivity index (χ1n) is 4.40. The molecule has 0 atom stereocenters. The SMILES string of the molecule is Cc1cc(C(C)C)c(C(=O)O)c(=O)[nH]1. The van der Waals surface area contributed by atoms with Crippen molar-refractivity contribution in [1.82, 2.24) is 4.98 Å². The number of nitrogens with one attached hydrogen (secondary N) is 1. The topological polar surface area (TPSA) is 70.2 Å². The van der Waals surface area contributed by atoms with Gasteiger partial charge in [0.2, 0.25) is 0 Å². The lowest BCUT2D eigenvalue weighted by molar-refractivity contribution is 0.0693. The fraction of sp³-hybridized carbons (Fsp3) is 0.400. The van der Waals surface area contributed by atoms with E-state index in [0.717, 1.165) is 0 Å². The van der Waals surface area contributed by atoms with Crippen LogP contribution in [-0.4, -0.2) is 16.1 Å². The van der Waals surface area contributed by atoms with Gasteiger partial charge >= 0.3 is 5.97 Å². The third kappa shape index (κ3) is 1.84. The number of carboxylic acids is 1. The summed E-state index contributed by atoms with van der Waals surface area (Å²) in [6.07, 6.45) is 0. The average Bonchev–Trinajstić information content (AvgIpc) is 2.01. The van der Waals surface area contributed by atoms with E-state index in [9.17, 15) is 9.59 Å². The van der Waals surface area contributed by atoms with Gasteiger partial charge in [-0.05, 0) is 24.5 Å². The molecule has 1 rings (SSSR count). The highest BCUT2D eigenvalue weighted by Crippen LogP contribution is 2.17. The second-order valence-electron chi connectivity index (χ2n) is 3.57. The minimum Gasteiger partial charge on any atom is -0.477 e. The number of carboxylic acid groups (broad SMARTS) is 1. The van der Waals surface area contributed by atoms with Gasteiger partial charge in [-0.15, -0.1) is 0 Å². The van der Waals surface area contributed by atoms with Gasteiger partial charge in [-0.3, -0.25) is 4.79 Å². The minimum atomic E-state index is -1.17. The first kappa shape index (κ1) is 10.5. The second kappa shape index (κ2) is 3.65. The Morgan fingerprint density at radius 2 is 2.07 bits per heavy atom. The van der Waals surface area contributed by atoms with Gasteiger partial charge in [0.25, 0.3) is 5.56 Å². The summed E-state index contributed by atoms with van der Waals surface area (Å²) in [4.78, 5) is 24.7. The summed E-state index contributed by atoms with van der Waals surface area (Å²) in [5.41, 5.74) is 0.592. The number of rotatable bonds is 2. The average molecular weight is 195 g/mol. The van der Waals surface area contributed by atoms with Crippen LogP contribution in [0.25, 0.3) is 0 Å². The molecule has 0 aliphatic heterocycles. The van der Waals surface area contributed by atoms with E-state index in [0.29, 0.717) is 11.3 Å². The van der Waals surface area contributed by atoms with Gasteiger partial charge in [0.15, 0.2) is 0 Å². The van der Waals surface area contributed by atoms with Crippen LogP contribution in [0.2, 0.25) is 0 Å². The largest absolute Gasteiger partial charge is 0.477 e. The molecular weight excluding hydrogens is 182 g/mol. The van der Waals surface area contributed by atoms with Gasteiger partial charge in [-0.25, -0.2) is 4.79 Å². The fourth-order valence-electron chi connectivity index (χ4n) is 1.39. The van der Waals surface area contributed by atoms with Crippen molar-refractivity contribution in [1.29, 1.82) is 0 Å². The Labute approximate surface area is 81.6 Å². The molecule has 0 saturated carbocycles. The molecule has 1 aromatic rings. The molecule has 0 radical (unpaired) electrons. The molecule has 0 aromatic carbocycles. The summed E-state index contributed by atoms with van der Waals surface area (Å²) in [6, 6.07) is 1.70. The zero-order chi connectivity index (χ0) is 10.9. The highest BCUT2D eigenvalue weighted by Gasteiger charge is 2.17. The fourth-order valence-corrected chi connectivity index (χ4v) is 1.39. The summed E-state index contributed by atoms with van der Waals surface area (Å²) in [5, 5.41) is 8.87. The minimum absolute atomic E-state index is 0.0297. The number of aryl methyl sites for hydroxylation is 1. The predicted molar refractivity (Wildman–Crippen MR) is 52.8 cm³/mol. The van der Waals surface area contributed by atoms with Crippen molar-refractivity contribution in [3.63, 3.8) is 0 Å². The zero-order valence-corrected chi connectivity index (χ0v) is 8.42. The van der Waals surface area contributed by atoms with Crippen LogP contribution in [-0.2, 0) is 0 Å². The first-order chi connectivity index (χ1) is 6.43. The molecule has 76 valence electrons. The van der Waals surface area contributed by atoms with Crippen LogP contribution in [0, 0.1) is 6.92 Å². The van der Waals surface area contributed by atoms with Gasteiger partial charge in [0.1, 0.15) is 5.56 Å². The Balaban J connectivity index is 3.53. The van der Waals surface area contributed by atoms with Crippen LogP contribution < -0.4 is 5.56 Å². The Morgan fingerprint density at radius 1 is 1.50 bits per heavy atom. The number of aromatic carboxylic acids is 1. The van der Waals surface area contributed by atoms with E-state index in [1.54, 1.807) is 13.0 Å². The normalized spacial score (nSPS) is 10.6. The molecular formula is C10H13NO3. The van der Waals surface area contributed by atoms with E-state index in [1.165, 1.54) is 0 Å². The molecule has 0 fully saturated rings. The van der Waals surface area contributed by atoms with Crippen molar-refractivity contribution in [3.05, 3.63) is 33.2 Å². The molecule has 0 amide bonds. The van der Waals surface area contributed by atoms with Gasteiger partial charge in [-0.1, -0.05) is 13.8 Å². The van der Waals surface area contributed by atoms with Crippen molar-refractivity contribution >= 4 is 5.97 Å². The van der Waals surface area contributed by atoms with Crippen LogP contribution in [0.15, 0.2) is 10.9 Å². The highest BCUT2D eigenvalue weighted by molar-refractivity contribution is 5.89. The summed E-state index contributed by atoms with van der Waals surface area (Å²) < 4.78 is 0. The Hall–Kier alpha value is -1.58. The van der Waals surface area contributed by atoms with Crippen molar-refractivity contribution in [2.24, 2.45) is 0 Å². The maximum absolute atomic E-state index is 11.4. The molecule has 0 unspecified atom stereocenters. The van der Waals surface area contributed by atoms with E-state index in [1.807, 2.05) is 13.8 Å². The van der Waals surface area contributed by atoms with Crippen LogP contribution in [0.4, 0.5) is 0 Å². The van der Waals surface area contributed by atoms with Crippen molar-refractivity contribution in [2.75, 3.05) is 0 Å². The summed E-state index contributed by atoms with van der Waals surface area (Å²) >= 11 is 0. The molecule has 0 aliphatic carbocycles. The molecule has 1 aromatic heterocycles.